The summed E-state index contributed by atoms with van der Waals surface area (Å²) < 4.78 is 49.6. The van der Waals surface area contributed by atoms with Gasteiger partial charge in [0, 0.05) is 16.3 Å². The number of carbonyl (C=O) groups is 2. The molecular weight excluding hydrogens is 439 g/mol. The average Bonchev–Trinajstić information content (AvgIpc) is 2.71. The van der Waals surface area contributed by atoms with Crippen molar-refractivity contribution in [2.45, 2.75) is 19.5 Å². The number of carbonyl (C=O) groups excluding carboxylic acids is 2. The van der Waals surface area contributed by atoms with Gasteiger partial charge < -0.3 is 14.8 Å². The van der Waals surface area contributed by atoms with E-state index in [1.54, 1.807) is 6.07 Å². The molecule has 166 valence electrons. The molecule has 31 heavy (non-hydrogen) atoms. The predicted molar refractivity (Wildman–Crippen MR) is 110 cm³/mol. The molecule has 2 N–H and O–H groups in total. The fourth-order valence-corrected chi connectivity index (χ4v) is 2.69. The minimum absolute atomic E-state index is 0.110. The summed E-state index contributed by atoms with van der Waals surface area (Å²) in [5.41, 5.74) is 1.19. The fourth-order valence-electron chi connectivity index (χ4n) is 2.51. The highest BCUT2D eigenvalue weighted by molar-refractivity contribution is 6.30. The first-order valence-corrected chi connectivity index (χ1v) is 9.15. The molecule has 0 spiro atoms. The monoisotopic (exact) mass is 457 g/mol. The second kappa shape index (κ2) is 10.2. The smallest absolute Gasteiger partial charge is 0.418 e. The molecule has 11 heteroatoms. The number of hydrogen-bond acceptors (Lipinski definition) is 5. The van der Waals surface area contributed by atoms with Crippen molar-refractivity contribution in [2.75, 3.05) is 19.5 Å². The molecule has 0 radical (unpaired) electrons. The predicted octanol–water partition coefficient (Wildman–Crippen LogP) is 4.51. The lowest BCUT2D eigenvalue weighted by atomic mass is 10.1. The van der Waals surface area contributed by atoms with E-state index in [9.17, 15) is 22.8 Å². The maximum absolute atomic E-state index is 13.1. The van der Waals surface area contributed by atoms with Crippen molar-refractivity contribution in [2.24, 2.45) is 5.10 Å². The van der Waals surface area contributed by atoms with E-state index in [1.807, 2.05) is 0 Å². The molecule has 2 rings (SSSR count). The molecule has 2 aromatic rings. The van der Waals surface area contributed by atoms with Crippen molar-refractivity contribution in [3.05, 3.63) is 52.5 Å². The normalized spacial score (nSPS) is 11.6. The van der Waals surface area contributed by atoms with Gasteiger partial charge >= 0.3 is 6.18 Å². The third kappa shape index (κ3) is 6.61. The van der Waals surface area contributed by atoms with Crippen LogP contribution in [-0.4, -0.2) is 31.7 Å². The lowest BCUT2D eigenvalue weighted by molar-refractivity contribution is -0.137. The van der Waals surface area contributed by atoms with Crippen molar-refractivity contribution in [1.82, 2.24) is 5.43 Å². The first-order chi connectivity index (χ1) is 14.5. The van der Waals surface area contributed by atoms with Crippen molar-refractivity contribution in [3.63, 3.8) is 0 Å². The summed E-state index contributed by atoms with van der Waals surface area (Å²) in [6.07, 6.45) is -5.03. The van der Waals surface area contributed by atoms with Crippen LogP contribution in [-0.2, 0) is 11.0 Å². The second-order valence-electron chi connectivity index (χ2n) is 6.27. The number of nitrogens with zero attached hydrogens (tertiary/aromatic N) is 1. The van der Waals surface area contributed by atoms with Crippen LogP contribution in [0.5, 0.6) is 11.5 Å². The quantitative estimate of drug-likeness (QED) is 0.473. The molecule has 2 amide bonds. The third-order valence-corrected chi connectivity index (χ3v) is 4.21. The Bertz CT molecular complexity index is 1010. The van der Waals surface area contributed by atoms with Crippen LogP contribution in [0.2, 0.25) is 5.02 Å². The fraction of sp³-hybridized carbons (Fsp3) is 0.250. The van der Waals surface area contributed by atoms with Crippen LogP contribution < -0.4 is 20.2 Å². The van der Waals surface area contributed by atoms with E-state index in [-0.39, 0.29) is 22.7 Å². The lowest BCUT2D eigenvalue weighted by Gasteiger charge is -2.14. The molecule has 0 aromatic heterocycles. The van der Waals surface area contributed by atoms with Gasteiger partial charge in [0.15, 0.2) is 11.5 Å². The van der Waals surface area contributed by atoms with Crippen LogP contribution in [0.3, 0.4) is 0 Å². The molecule has 0 heterocycles. The van der Waals surface area contributed by atoms with Gasteiger partial charge in [0.1, 0.15) is 0 Å². The maximum Gasteiger partial charge on any atom is 0.418 e. The van der Waals surface area contributed by atoms with Gasteiger partial charge in [0.05, 0.1) is 31.9 Å². The number of alkyl halides is 3. The van der Waals surface area contributed by atoms with Crippen molar-refractivity contribution < 1.29 is 32.2 Å². The Kier molecular flexibility index (Phi) is 7.87. The van der Waals surface area contributed by atoms with E-state index in [2.05, 4.69) is 15.8 Å². The Morgan fingerprint density at radius 1 is 1.06 bits per heavy atom. The average molecular weight is 458 g/mol. The van der Waals surface area contributed by atoms with Gasteiger partial charge in [-0.3, -0.25) is 9.59 Å². The molecule has 0 fully saturated rings. The Hall–Kier alpha value is -3.27. The highest BCUT2D eigenvalue weighted by atomic mass is 35.5. The number of rotatable bonds is 7. The topological polar surface area (TPSA) is 89.0 Å². The molecule has 0 aliphatic rings. The van der Waals surface area contributed by atoms with Crippen LogP contribution in [0.4, 0.5) is 18.9 Å². The number of anilines is 1. The molecule has 0 atom stereocenters. The molecular formula is C20H19ClF3N3O4. The van der Waals surface area contributed by atoms with E-state index in [4.69, 9.17) is 21.1 Å². The molecule has 0 saturated heterocycles. The zero-order chi connectivity index (χ0) is 23.2. The summed E-state index contributed by atoms with van der Waals surface area (Å²) in [5, 5.41) is 5.88. The highest BCUT2D eigenvalue weighted by Gasteiger charge is 2.34. The van der Waals surface area contributed by atoms with Gasteiger partial charge in [-0.25, -0.2) is 5.43 Å². The third-order valence-electron chi connectivity index (χ3n) is 3.97. The number of nitrogens with one attached hydrogen (secondary N) is 2. The number of ether oxygens (including phenoxy) is 2. The highest BCUT2D eigenvalue weighted by Crippen LogP contribution is 2.36. The Morgan fingerprint density at radius 2 is 1.74 bits per heavy atom. The van der Waals surface area contributed by atoms with Crippen LogP contribution in [0.1, 0.15) is 29.3 Å². The number of halogens is 4. The SMILES string of the molecule is COc1ccc(C(=O)N/N=C(/C)CC(=O)Nc2ccc(Cl)cc2C(F)(F)F)cc1OC. The van der Waals surface area contributed by atoms with E-state index in [1.165, 1.54) is 39.3 Å². The summed E-state index contributed by atoms with van der Waals surface area (Å²) in [6.45, 7) is 1.45. The Morgan fingerprint density at radius 3 is 2.35 bits per heavy atom. The van der Waals surface area contributed by atoms with Gasteiger partial charge in [-0.2, -0.15) is 18.3 Å². The number of methoxy groups -OCH3 is 2. The summed E-state index contributed by atoms with van der Waals surface area (Å²) >= 11 is 5.61. The zero-order valence-electron chi connectivity index (χ0n) is 16.8. The van der Waals surface area contributed by atoms with Crippen LogP contribution in [0, 0.1) is 0 Å². The first kappa shape index (κ1) is 24.0. The summed E-state index contributed by atoms with van der Waals surface area (Å²) in [6, 6.07) is 7.51. The first-order valence-electron chi connectivity index (χ1n) is 8.77. The van der Waals surface area contributed by atoms with Gasteiger partial charge in [-0.15, -0.1) is 0 Å². The number of amides is 2. The number of hydrazone groups is 1. The molecule has 7 nitrogen and oxygen atoms in total. The summed E-state index contributed by atoms with van der Waals surface area (Å²) in [5.74, 6) is -0.526. The van der Waals surface area contributed by atoms with E-state index in [0.717, 1.165) is 12.1 Å². The molecule has 0 unspecified atom stereocenters. The minimum atomic E-state index is -4.69. The largest absolute Gasteiger partial charge is 0.493 e. The second-order valence-corrected chi connectivity index (χ2v) is 6.71. The van der Waals surface area contributed by atoms with E-state index >= 15 is 0 Å². The van der Waals surface area contributed by atoms with Crippen molar-refractivity contribution in [3.8, 4) is 11.5 Å². The minimum Gasteiger partial charge on any atom is -0.493 e. The van der Waals surface area contributed by atoms with Gasteiger partial charge in [0.25, 0.3) is 5.91 Å². The molecule has 0 bridgehead atoms. The van der Waals surface area contributed by atoms with Crippen molar-refractivity contribution in [1.29, 1.82) is 0 Å². The molecule has 0 aliphatic heterocycles. The zero-order valence-corrected chi connectivity index (χ0v) is 17.5. The van der Waals surface area contributed by atoms with Crippen LogP contribution in [0.15, 0.2) is 41.5 Å². The van der Waals surface area contributed by atoms with Crippen LogP contribution in [0.25, 0.3) is 0 Å². The van der Waals surface area contributed by atoms with Gasteiger partial charge in [-0.1, -0.05) is 11.6 Å². The van der Waals surface area contributed by atoms with Gasteiger partial charge in [-0.05, 0) is 43.3 Å². The van der Waals surface area contributed by atoms with Crippen LogP contribution >= 0.6 is 11.6 Å². The van der Waals surface area contributed by atoms with Crippen molar-refractivity contribution >= 4 is 34.8 Å². The number of benzene rings is 2. The number of hydrogen-bond donors (Lipinski definition) is 2. The van der Waals surface area contributed by atoms with E-state index in [0.29, 0.717) is 11.5 Å². The maximum atomic E-state index is 13.1. The standard InChI is InChI=1S/C20H19ClF3N3O4/c1-11(26-27-19(29)12-4-7-16(30-2)17(9-12)31-3)8-18(28)25-15-6-5-13(21)10-14(15)20(22,23)24/h4-7,9-10H,8H2,1-3H3,(H,25,28)(H,27,29)/b26-11-. The van der Waals surface area contributed by atoms with Gasteiger partial charge in [0.2, 0.25) is 5.91 Å². The summed E-state index contributed by atoms with van der Waals surface area (Å²) in [7, 11) is 2.88. The molecule has 0 aliphatic carbocycles. The Balaban J connectivity index is 2.03. The molecule has 0 saturated carbocycles. The van der Waals surface area contributed by atoms with E-state index < -0.39 is 29.2 Å². The Labute approximate surface area is 181 Å². The lowest BCUT2D eigenvalue weighted by Crippen LogP contribution is -2.22. The summed E-state index contributed by atoms with van der Waals surface area (Å²) in [4.78, 5) is 24.3. The molecule has 2 aromatic carbocycles.